The minimum absolute atomic E-state index is 0.630. The first-order chi connectivity index (χ1) is 10.7. The SMILES string of the molecule is CCc1noc(CSc2nc(Cc3ccccc3)c(C)[nH]2)n1. The summed E-state index contributed by atoms with van der Waals surface area (Å²) in [6.45, 7) is 4.06. The standard InChI is InChI=1S/C16H18N4OS/c1-3-14-19-15(21-20-14)10-22-16-17-11(2)13(18-16)9-12-7-5-4-6-8-12/h4-8H,3,9-10H2,1-2H3,(H,17,18). The number of benzene rings is 1. The van der Waals surface area contributed by atoms with Crippen molar-refractivity contribution in [2.75, 3.05) is 0 Å². The molecule has 0 atom stereocenters. The molecule has 2 aromatic heterocycles. The molecule has 1 N–H and O–H groups in total. The van der Waals surface area contributed by atoms with Gasteiger partial charge in [-0.25, -0.2) is 4.98 Å². The van der Waals surface area contributed by atoms with Gasteiger partial charge in [-0.2, -0.15) is 4.98 Å². The van der Waals surface area contributed by atoms with Gasteiger partial charge in [-0.15, -0.1) is 0 Å². The second-order valence-corrected chi connectivity index (χ2v) is 5.99. The third-order valence-electron chi connectivity index (χ3n) is 3.34. The Balaban J connectivity index is 1.64. The van der Waals surface area contributed by atoms with E-state index in [0.29, 0.717) is 11.6 Å². The van der Waals surface area contributed by atoms with Gasteiger partial charge in [-0.05, 0) is 12.5 Å². The Morgan fingerprint density at radius 2 is 2.00 bits per heavy atom. The summed E-state index contributed by atoms with van der Waals surface area (Å²) in [4.78, 5) is 12.3. The number of nitrogens with one attached hydrogen (secondary N) is 1. The van der Waals surface area contributed by atoms with E-state index in [1.165, 1.54) is 5.56 Å². The molecule has 0 aliphatic rings. The summed E-state index contributed by atoms with van der Waals surface area (Å²) in [5.41, 5.74) is 3.44. The maximum absolute atomic E-state index is 5.19. The first kappa shape index (κ1) is 14.8. The van der Waals surface area contributed by atoms with E-state index >= 15 is 0 Å². The average Bonchev–Trinajstić information content (AvgIpc) is 3.13. The minimum Gasteiger partial charge on any atom is -0.338 e. The summed E-state index contributed by atoms with van der Waals surface area (Å²) in [5.74, 6) is 2.02. The van der Waals surface area contributed by atoms with Crippen LogP contribution in [0.4, 0.5) is 0 Å². The van der Waals surface area contributed by atoms with Crippen molar-refractivity contribution in [3.05, 3.63) is 59.0 Å². The van der Waals surface area contributed by atoms with E-state index in [0.717, 1.165) is 35.2 Å². The lowest BCUT2D eigenvalue weighted by Gasteiger charge is -1.98. The highest BCUT2D eigenvalue weighted by atomic mass is 32.2. The molecule has 0 saturated heterocycles. The van der Waals surface area contributed by atoms with Gasteiger partial charge in [0.2, 0.25) is 5.89 Å². The zero-order valence-corrected chi connectivity index (χ0v) is 13.5. The average molecular weight is 314 g/mol. The molecule has 114 valence electrons. The van der Waals surface area contributed by atoms with Gasteiger partial charge in [0.1, 0.15) is 0 Å². The Kier molecular flexibility index (Phi) is 4.58. The summed E-state index contributed by atoms with van der Waals surface area (Å²) in [6.07, 6.45) is 1.62. The van der Waals surface area contributed by atoms with Crippen LogP contribution in [0.1, 0.15) is 35.6 Å². The lowest BCUT2D eigenvalue weighted by atomic mass is 10.1. The molecule has 0 fully saturated rings. The second kappa shape index (κ2) is 6.79. The highest BCUT2D eigenvalue weighted by molar-refractivity contribution is 7.98. The molecule has 3 aromatic rings. The van der Waals surface area contributed by atoms with Crippen LogP contribution in [0.5, 0.6) is 0 Å². The fourth-order valence-electron chi connectivity index (χ4n) is 2.12. The molecule has 2 heterocycles. The Labute approximate surface area is 133 Å². The molecule has 0 radical (unpaired) electrons. The fourth-order valence-corrected chi connectivity index (χ4v) is 2.90. The molecular weight excluding hydrogens is 296 g/mol. The number of hydrogen-bond acceptors (Lipinski definition) is 5. The van der Waals surface area contributed by atoms with Gasteiger partial charge < -0.3 is 9.51 Å². The van der Waals surface area contributed by atoms with Crippen LogP contribution >= 0.6 is 11.8 Å². The van der Waals surface area contributed by atoms with Gasteiger partial charge in [-0.1, -0.05) is 54.2 Å². The predicted octanol–water partition coefficient (Wildman–Crippen LogP) is 3.55. The molecular formula is C16H18N4OS. The van der Waals surface area contributed by atoms with E-state index in [4.69, 9.17) is 4.52 Å². The van der Waals surface area contributed by atoms with Crippen LogP contribution < -0.4 is 0 Å². The quantitative estimate of drug-likeness (QED) is 0.705. The molecule has 0 aliphatic carbocycles. The fraction of sp³-hybridized carbons (Fsp3) is 0.312. The number of aromatic nitrogens is 4. The third kappa shape index (κ3) is 3.57. The molecule has 0 spiro atoms. The molecule has 6 heteroatoms. The molecule has 0 unspecified atom stereocenters. The van der Waals surface area contributed by atoms with E-state index in [1.807, 2.05) is 25.1 Å². The first-order valence-corrected chi connectivity index (χ1v) is 8.27. The Bertz CT molecular complexity index is 736. The van der Waals surface area contributed by atoms with Crippen molar-refractivity contribution >= 4 is 11.8 Å². The largest absolute Gasteiger partial charge is 0.338 e. The molecule has 1 aromatic carbocycles. The van der Waals surface area contributed by atoms with Crippen molar-refractivity contribution in [1.82, 2.24) is 20.1 Å². The molecule has 0 bridgehead atoms. The van der Waals surface area contributed by atoms with Crippen LogP contribution in [0.2, 0.25) is 0 Å². The number of aryl methyl sites for hydroxylation is 2. The first-order valence-electron chi connectivity index (χ1n) is 7.28. The number of hydrogen-bond donors (Lipinski definition) is 1. The maximum Gasteiger partial charge on any atom is 0.237 e. The smallest absolute Gasteiger partial charge is 0.237 e. The Morgan fingerprint density at radius 1 is 1.18 bits per heavy atom. The summed E-state index contributed by atoms with van der Waals surface area (Å²) in [7, 11) is 0. The number of imidazole rings is 1. The molecule has 3 rings (SSSR count). The highest BCUT2D eigenvalue weighted by Gasteiger charge is 2.10. The molecule has 0 saturated carbocycles. The van der Waals surface area contributed by atoms with E-state index in [2.05, 4.69) is 39.2 Å². The predicted molar refractivity (Wildman–Crippen MR) is 85.8 cm³/mol. The summed E-state index contributed by atoms with van der Waals surface area (Å²) < 4.78 is 5.19. The maximum atomic E-state index is 5.19. The molecule has 0 amide bonds. The summed E-state index contributed by atoms with van der Waals surface area (Å²) in [5, 5.41) is 4.78. The molecule has 5 nitrogen and oxygen atoms in total. The number of nitrogens with zero attached hydrogens (tertiary/aromatic N) is 3. The number of thioether (sulfide) groups is 1. The van der Waals surface area contributed by atoms with Crippen LogP contribution in [-0.2, 0) is 18.6 Å². The van der Waals surface area contributed by atoms with Gasteiger partial charge >= 0.3 is 0 Å². The van der Waals surface area contributed by atoms with Crippen molar-refractivity contribution in [2.24, 2.45) is 0 Å². The molecule has 22 heavy (non-hydrogen) atoms. The third-order valence-corrected chi connectivity index (χ3v) is 4.20. The van der Waals surface area contributed by atoms with E-state index < -0.39 is 0 Å². The second-order valence-electron chi connectivity index (χ2n) is 5.02. The van der Waals surface area contributed by atoms with Crippen molar-refractivity contribution in [1.29, 1.82) is 0 Å². The van der Waals surface area contributed by atoms with Gasteiger partial charge in [-0.3, -0.25) is 0 Å². The van der Waals surface area contributed by atoms with E-state index in [-0.39, 0.29) is 0 Å². The number of aromatic amines is 1. The van der Waals surface area contributed by atoms with E-state index in [1.54, 1.807) is 11.8 Å². The number of rotatable bonds is 6. The van der Waals surface area contributed by atoms with Crippen molar-refractivity contribution < 1.29 is 4.52 Å². The highest BCUT2D eigenvalue weighted by Crippen LogP contribution is 2.22. The van der Waals surface area contributed by atoms with Gasteiger partial charge in [0, 0.05) is 18.5 Å². The lowest BCUT2D eigenvalue weighted by molar-refractivity contribution is 0.385. The monoisotopic (exact) mass is 314 g/mol. The van der Waals surface area contributed by atoms with Crippen LogP contribution in [0.15, 0.2) is 40.0 Å². The zero-order chi connectivity index (χ0) is 15.4. The van der Waals surface area contributed by atoms with Crippen molar-refractivity contribution in [3.8, 4) is 0 Å². The van der Waals surface area contributed by atoms with Gasteiger partial charge in [0.05, 0.1) is 11.4 Å². The van der Waals surface area contributed by atoms with Crippen molar-refractivity contribution in [2.45, 2.75) is 37.6 Å². The lowest BCUT2D eigenvalue weighted by Crippen LogP contribution is -1.90. The Morgan fingerprint density at radius 3 is 2.73 bits per heavy atom. The minimum atomic E-state index is 0.630. The topological polar surface area (TPSA) is 67.6 Å². The van der Waals surface area contributed by atoms with Crippen LogP contribution in [0, 0.1) is 6.92 Å². The van der Waals surface area contributed by atoms with Crippen LogP contribution in [0.3, 0.4) is 0 Å². The van der Waals surface area contributed by atoms with Crippen LogP contribution in [0.25, 0.3) is 0 Å². The summed E-state index contributed by atoms with van der Waals surface area (Å²) in [6, 6.07) is 10.4. The zero-order valence-electron chi connectivity index (χ0n) is 12.7. The molecule has 0 aliphatic heterocycles. The van der Waals surface area contributed by atoms with Crippen LogP contribution in [-0.4, -0.2) is 20.1 Å². The summed E-state index contributed by atoms with van der Waals surface area (Å²) >= 11 is 1.58. The number of H-pyrrole nitrogens is 1. The van der Waals surface area contributed by atoms with E-state index in [9.17, 15) is 0 Å². The van der Waals surface area contributed by atoms with Crippen molar-refractivity contribution in [3.63, 3.8) is 0 Å². The Hall–Kier alpha value is -2.08. The normalized spacial score (nSPS) is 11.0. The van der Waals surface area contributed by atoms with Gasteiger partial charge in [0.25, 0.3) is 0 Å². The van der Waals surface area contributed by atoms with Gasteiger partial charge in [0.15, 0.2) is 11.0 Å².